The van der Waals surface area contributed by atoms with Gasteiger partial charge in [-0.2, -0.15) is 4.37 Å². The van der Waals surface area contributed by atoms with Crippen LogP contribution in [0.5, 0.6) is 0 Å². The van der Waals surface area contributed by atoms with Crippen LogP contribution in [0.15, 0.2) is 24.3 Å². The van der Waals surface area contributed by atoms with Gasteiger partial charge >= 0.3 is 0 Å². The van der Waals surface area contributed by atoms with Crippen LogP contribution >= 0.6 is 11.5 Å². The van der Waals surface area contributed by atoms with Gasteiger partial charge in [-0.3, -0.25) is 0 Å². The first-order valence-electron chi connectivity index (χ1n) is 9.63. The average molecular weight is 342 g/mol. The first-order valence-corrected chi connectivity index (χ1v) is 10.4. The second kappa shape index (κ2) is 5.99. The molecule has 5 rings (SSSR count). The van der Waals surface area contributed by atoms with Crippen LogP contribution in [-0.2, 0) is 0 Å². The second-order valence-electron chi connectivity index (χ2n) is 8.36. The van der Waals surface area contributed by atoms with E-state index in [0.717, 1.165) is 5.92 Å². The number of fused-ring (bicyclic) bond motifs is 1. The van der Waals surface area contributed by atoms with Gasteiger partial charge in [0.1, 0.15) is 5.82 Å². The zero-order valence-corrected chi connectivity index (χ0v) is 15.2. The van der Waals surface area contributed by atoms with E-state index in [0.29, 0.717) is 5.41 Å². The van der Waals surface area contributed by atoms with Crippen molar-refractivity contribution in [2.24, 2.45) is 11.3 Å². The van der Waals surface area contributed by atoms with E-state index in [1.165, 1.54) is 87.2 Å². The number of benzene rings is 1. The Morgan fingerprint density at radius 3 is 2.67 bits per heavy atom. The van der Waals surface area contributed by atoms with Gasteiger partial charge in [0.15, 0.2) is 0 Å². The summed E-state index contributed by atoms with van der Waals surface area (Å²) in [5, 5.41) is 1.34. The highest BCUT2D eigenvalue weighted by Gasteiger charge is 2.52. The van der Waals surface area contributed by atoms with Gasteiger partial charge in [0.2, 0.25) is 0 Å². The molecule has 0 amide bonds. The van der Waals surface area contributed by atoms with Crippen LogP contribution in [0, 0.1) is 11.3 Å². The van der Waals surface area contributed by atoms with E-state index in [1.54, 1.807) is 11.5 Å². The molecule has 1 aromatic carbocycles. The molecule has 0 bridgehead atoms. The van der Waals surface area contributed by atoms with Gasteiger partial charge in [-0.05, 0) is 42.5 Å². The second-order valence-corrected chi connectivity index (χ2v) is 9.17. The van der Waals surface area contributed by atoms with Crippen molar-refractivity contribution in [3.63, 3.8) is 0 Å². The SMILES string of the molecule is c1ccc2c(N3CC4(CN(CCC5CCCCC5)C4)C3)nsc2c1. The molecule has 2 aliphatic heterocycles. The minimum atomic E-state index is 0.581. The normalized spacial score (nSPS) is 24.2. The Hall–Kier alpha value is -1.13. The maximum absolute atomic E-state index is 4.71. The van der Waals surface area contributed by atoms with Crippen molar-refractivity contribution in [3.8, 4) is 0 Å². The van der Waals surface area contributed by atoms with Gasteiger partial charge in [0.25, 0.3) is 0 Å². The molecule has 24 heavy (non-hydrogen) atoms. The highest BCUT2D eigenvalue weighted by atomic mass is 32.1. The third-order valence-electron chi connectivity index (χ3n) is 6.41. The predicted molar refractivity (Wildman–Crippen MR) is 102 cm³/mol. The van der Waals surface area contributed by atoms with Crippen molar-refractivity contribution in [2.75, 3.05) is 37.6 Å². The summed E-state index contributed by atoms with van der Waals surface area (Å²) in [5.41, 5.74) is 0.581. The summed E-state index contributed by atoms with van der Waals surface area (Å²) in [6.07, 6.45) is 8.85. The third kappa shape index (κ3) is 2.64. The van der Waals surface area contributed by atoms with Crippen molar-refractivity contribution in [2.45, 2.75) is 38.5 Å². The van der Waals surface area contributed by atoms with Crippen LogP contribution in [0.2, 0.25) is 0 Å². The molecule has 0 N–H and O–H groups in total. The third-order valence-corrected chi connectivity index (χ3v) is 7.22. The fourth-order valence-corrected chi connectivity index (χ4v) is 5.91. The average Bonchev–Trinajstić information content (AvgIpc) is 2.97. The largest absolute Gasteiger partial charge is 0.354 e. The summed E-state index contributed by atoms with van der Waals surface area (Å²) in [6.45, 7) is 6.39. The molecule has 3 aliphatic rings. The van der Waals surface area contributed by atoms with Crippen molar-refractivity contribution in [3.05, 3.63) is 24.3 Å². The van der Waals surface area contributed by atoms with Crippen LogP contribution in [0.25, 0.3) is 10.1 Å². The van der Waals surface area contributed by atoms with Gasteiger partial charge in [-0.1, -0.05) is 44.2 Å². The summed E-state index contributed by atoms with van der Waals surface area (Å²) in [6, 6.07) is 8.64. The Kier molecular flexibility index (Phi) is 3.78. The highest BCUT2D eigenvalue weighted by molar-refractivity contribution is 7.13. The van der Waals surface area contributed by atoms with Crippen LogP contribution in [0.4, 0.5) is 5.82 Å². The van der Waals surface area contributed by atoms with Crippen LogP contribution in [0.1, 0.15) is 38.5 Å². The summed E-state index contributed by atoms with van der Waals surface area (Å²) in [5.74, 6) is 2.25. The maximum atomic E-state index is 4.71. The topological polar surface area (TPSA) is 19.4 Å². The molecule has 3 nitrogen and oxygen atoms in total. The number of anilines is 1. The first kappa shape index (κ1) is 15.2. The summed E-state index contributed by atoms with van der Waals surface area (Å²) in [7, 11) is 0. The fraction of sp³-hybridized carbons (Fsp3) is 0.650. The lowest BCUT2D eigenvalue weighted by molar-refractivity contribution is -0.0252. The van der Waals surface area contributed by atoms with E-state index in [1.807, 2.05) is 0 Å². The lowest BCUT2D eigenvalue weighted by Gasteiger charge is -2.60. The minimum Gasteiger partial charge on any atom is -0.354 e. The number of hydrogen-bond donors (Lipinski definition) is 0. The smallest absolute Gasteiger partial charge is 0.150 e. The molecular formula is C20H27N3S. The van der Waals surface area contributed by atoms with Crippen molar-refractivity contribution in [1.29, 1.82) is 0 Å². The van der Waals surface area contributed by atoms with E-state index in [-0.39, 0.29) is 0 Å². The minimum absolute atomic E-state index is 0.581. The van der Waals surface area contributed by atoms with Gasteiger partial charge in [-0.15, -0.1) is 0 Å². The van der Waals surface area contributed by atoms with E-state index < -0.39 is 0 Å². The van der Waals surface area contributed by atoms with Crippen LogP contribution < -0.4 is 4.90 Å². The molecule has 4 heteroatoms. The van der Waals surface area contributed by atoms with Gasteiger partial charge in [0, 0.05) is 37.0 Å². The molecule has 1 aliphatic carbocycles. The Morgan fingerprint density at radius 2 is 1.83 bits per heavy atom. The summed E-state index contributed by atoms with van der Waals surface area (Å²) < 4.78 is 6.03. The van der Waals surface area contributed by atoms with Gasteiger partial charge in [-0.25, -0.2) is 0 Å². The standard InChI is InChI=1S/C20H27N3S/c1-2-6-16(7-3-1)10-11-22-12-20(13-22)14-23(15-20)19-17-8-4-5-9-18(17)24-21-19/h4-5,8-9,16H,1-3,6-7,10-15H2. The lowest BCUT2D eigenvalue weighted by atomic mass is 9.72. The number of aromatic nitrogens is 1. The zero-order valence-electron chi connectivity index (χ0n) is 14.4. The first-order chi connectivity index (χ1) is 11.8. The summed E-state index contributed by atoms with van der Waals surface area (Å²) in [4.78, 5) is 5.20. The van der Waals surface area contributed by atoms with Gasteiger partial charge < -0.3 is 9.80 Å². The molecule has 3 fully saturated rings. The predicted octanol–water partition coefficient (Wildman–Crippen LogP) is 4.39. The Bertz CT molecular complexity index is 704. The molecule has 0 unspecified atom stereocenters. The molecule has 128 valence electrons. The van der Waals surface area contributed by atoms with E-state index in [2.05, 4.69) is 34.1 Å². The molecule has 1 saturated carbocycles. The van der Waals surface area contributed by atoms with Crippen molar-refractivity contribution in [1.82, 2.24) is 9.27 Å². The molecule has 3 heterocycles. The van der Waals surface area contributed by atoms with Crippen molar-refractivity contribution < 1.29 is 0 Å². The van der Waals surface area contributed by atoms with E-state index in [9.17, 15) is 0 Å². The zero-order chi connectivity index (χ0) is 16.0. The number of hydrogen-bond acceptors (Lipinski definition) is 4. The number of rotatable bonds is 4. The van der Waals surface area contributed by atoms with Crippen LogP contribution in [-0.4, -0.2) is 42.0 Å². The quantitative estimate of drug-likeness (QED) is 0.822. The molecule has 0 radical (unpaired) electrons. The monoisotopic (exact) mass is 341 g/mol. The number of nitrogens with zero attached hydrogens (tertiary/aromatic N) is 3. The van der Waals surface area contributed by atoms with Crippen LogP contribution in [0.3, 0.4) is 0 Å². The molecule has 2 aromatic rings. The molecule has 0 atom stereocenters. The highest BCUT2D eigenvalue weighted by Crippen LogP contribution is 2.44. The Balaban J connectivity index is 1.12. The molecule has 1 aromatic heterocycles. The van der Waals surface area contributed by atoms with E-state index >= 15 is 0 Å². The summed E-state index contributed by atoms with van der Waals surface area (Å²) >= 11 is 1.64. The maximum Gasteiger partial charge on any atom is 0.150 e. The molecular weight excluding hydrogens is 314 g/mol. The van der Waals surface area contributed by atoms with E-state index in [4.69, 9.17) is 4.37 Å². The Morgan fingerprint density at radius 1 is 1.04 bits per heavy atom. The number of likely N-dealkylation sites (tertiary alicyclic amines) is 1. The van der Waals surface area contributed by atoms with Crippen molar-refractivity contribution >= 4 is 27.4 Å². The van der Waals surface area contributed by atoms with Gasteiger partial charge in [0.05, 0.1) is 4.70 Å². The molecule has 1 spiro atoms. The fourth-order valence-electron chi connectivity index (χ4n) is 5.12. The Labute approximate surface area is 148 Å². The molecule has 2 saturated heterocycles. The lowest BCUT2D eigenvalue weighted by Crippen LogP contribution is -2.72.